The van der Waals surface area contributed by atoms with Crippen molar-refractivity contribution in [2.24, 2.45) is 5.73 Å². The zero-order valence-electron chi connectivity index (χ0n) is 36.9. The Morgan fingerprint density at radius 3 is 2.08 bits per heavy atom. The zero-order chi connectivity index (χ0) is 50.2. The van der Waals surface area contributed by atoms with Crippen LogP contribution in [0.1, 0.15) is 45.9 Å². The van der Waals surface area contributed by atoms with E-state index in [-0.39, 0.29) is 93.9 Å². The minimum atomic E-state index is -5.04. The van der Waals surface area contributed by atoms with Crippen molar-refractivity contribution in [1.29, 1.82) is 0 Å². The lowest BCUT2D eigenvalue weighted by atomic mass is 10.0. The molecule has 8 heterocycles. The number of nitrogen functional groups attached to an aromatic ring is 2. The second-order valence-corrected chi connectivity index (χ2v) is 16.5. The molecule has 2 fully saturated rings. The van der Waals surface area contributed by atoms with Crippen LogP contribution in [-0.2, 0) is 6.18 Å². The van der Waals surface area contributed by atoms with Crippen molar-refractivity contribution in [3.63, 3.8) is 0 Å². The number of H-pyrrole nitrogens is 1. The molecule has 19 nitrogen and oxygen atoms in total. The maximum atomic E-state index is 16.3. The molecule has 71 heavy (non-hydrogen) atoms. The number of nitrogens with one attached hydrogen (secondary N) is 4. The number of amides is 2. The number of nitrogens with two attached hydrogens (primary N) is 3. The Kier molecular flexibility index (Phi) is 12.9. The first-order valence-corrected chi connectivity index (χ1v) is 21.8. The molecule has 7 aromatic rings. The molecular weight excluding hydrogens is 946 g/mol. The van der Waals surface area contributed by atoms with E-state index in [0.29, 0.717) is 37.3 Å². The summed E-state index contributed by atoms with van der Waals surface area (Å²) >= 11 is 0. The van der Waals surface area contributed by atoms with E-state index in [4.69, 9.17) is 22.2 Å². The van der Waals surface area contributed by atoms with Gasteiger partial charge in [-0.1, -0.05) is 12.1 Å². The summed E-state index contributed by atoms with van der Waals surface area (Å²) in [4.78, 5) is 63.3. The molecule has 1 aromatic carbocycles. The smallest absolute Gasteiger partial charge is 0.403 e. The summed E-state index contributed by atoms with van der Waals surface area (Å²) in [7, 11) is 0. The van der Waals surface area contributed by atoms with E-state index in [0.717, 1.165) is 18.3 Å². The number of hydrogen-bond acceptors (Lipinski definition) is 16. The van der Waals surface area contributed by atoms with Crippen LogP contribution in [0.3, 0.4) is 0 Å². The average molecular weight is 987 g/mol. The fourth-order valence-electron chi connectivity index (χ4n) is 8.27. The molecule has 2 saturated heterocycles. The van der Waals surface area contributed by atoms with Crippen LogP contribution >= 0.6 is 0 Å². The van der Waals surface area contributed by atoms with E-state index in [1.165, 1.54) is 36.8 Å². The maximum Gasteiger partial charge on any atom is 0.573 e. The maximum absolute atomic E-state index is 16.3. The van der Waals surface area contributed by atoms with Gasteiger partial charge in [-0.15, -0.1) is 13.2 Å². The minimum absolute atomic E-state index is 0.00549. The summed E-state index contributed by atoms with van der Waals surface area (Å²) in [6, 6.07) is 13.5. The summed E-state index contributed by atoms with van der Waals surface area (Å²) in [6.45, 7) is 1.16. The quantitative estimate of drug-likeness (QED) is 0.0656. The second kappa shape index (κ2) is 19.2. The van der Waals surface area contributed by atoms with Gasteiger partial charge in [-0.2, -0.15) is 13.2 Å². The van der Waals surface area contributed by atoms with Crippen LogP contribution in [0.25, 0.3) is 33.5 Å². The third-order valence-electron chi connectivity index (χ3n) is 11.7. The van der Waals surface area contributed by atoms with Crippen LogP contribution in [0.5, 0.6) is 5.75 Å². The number of aromatic nitrogens is 8. The van der Waals surface area contributed by atoms with Crippen LogP contribution in [-0.4, -0.2) is 102 Å². The standard InChI is InChI=1S/C45H41F7N16O3/c46-25-21-68(30-6-2-14-57-40(30)65-42(69)37-39(55)59-20-29(63-37)35-32(7-3-13-56-35)71-45(50,51)52)17-12-27(25)61-34-9-8-31(67-15-10-22(53)11-16-67)41(64-34)66-43(70)36-38(54)58-19-28(62-36)23-4-1-5-26-24(23)18-33(60-26)44(47,48)49/h1-9,13-14,18-20,22,25,27,60H,10-12,15-17,21,53H2,(H2,54,58)(H2,55,59)(H,57,65,69)(H2,61,64,66,70)/t25-,27+/m0/s1. The third kappa shape index (κ3) is 10.5. The molecule has 368 valence electrons. The molecule has 2 atom stereocenters. The number of pyridine rings is 3. The van der Waals surface area contributed by atoms with Crippen molar-refractivity contribution in [1.82, 2.24) is 39.9 Å². The van der Waals surface area contributed by atoms with Crippen LogP contribution in [0.4, 0.5) is 71.2 Å². The Bertz CT molecular complexity index is 3130. The average Bonchev–Trinajstić information content (AvgIpc) is 3.79. The SMILES string of the molecule is Nc1ncc(-c2ncccc2OC(F)(F)F)nc1C(=O)Nc1ncccc1N1CC[C@@H](Nc2ccc(N3CCC(N)CC3)c(NC(=O)c3nc(-c4cccc5[nH]c(C(F)(F)F)cc45)cnc3N)n2)[C@@H](F)C1. The molecule has 0 bridgehead atoms. The Labute approximate surface area is 397 Å². The molecule has 0 unspecified atom stereocenters. The molecule has 2 aliphatic rings. The monoisotopic (exact) mass is 986 g/mol. The number of nitrogens with zero attached hydrogens (tertiary/aromatic N) is 9. The number of carbonyl (C=O) groups excluding carboxylic acids is 2. The predicted molar refractivity (Wildman–Crippen MR) is 248 cm³/mol. The van der Waals surface area contributed by atoms with Gasteiger partial charge in [0.05, 0.1) is 42.0 Å². The molecule has 6 aromatic heterocycles. The third-order valence-corrected chi connectivity index (χ3v) is 11.7. The van der Waals surface area contributed by atoms with Crippen molar-refractivity contribution in [2.75, 3.05) is 63.4 Å². The van der Waals surface area contributed by atoms with Gasteiger partial charge in [0, 0.05) is 54.5 Å². The normalized spacial score (nSPS) is 16.7. The lowest BCUT2D eigenvalue weighted by molar-refractivity contribution is -0.274. The Morgan fingerprint density at radius 2 is 1.38 bits per heavy atom. The summed E-state index contributed by atoms with van der Waals surface area (Å²) in [6.07, 6.45) is -4.79. The highest BCUT2D eigenvalue weighted by atomic mass is 19.4. The van der Waals surface area contributed by atoms with Gasteiger partial charge in [0.25, 0.3) is 11.8 Å². The molecule has 26 heteroatoms. The lowest BCUT2D eigenvalue weighted by Gasteiger charge is -2.37. The number of halogens is 7. The molecular formula is C45H41F7N16O3. The first kappa shape index (κ1) is 47.6. The summed E-state index contributed by atoms with van der Waals surface area (Å²) < 4.78 is 101. The number of hydrogen-bond donors (Lipinski definition) is 7. The van der Waals surface area contributed by atoms with Crippen molar-refractivity contribution in [3.05, 3.63) is 103 Å². The van der Waals surface area contributed by atoms with Crippen molar-refractivity contribution >= 4 is 63.2 Å². The van der Waals surface area contributed by atoms with Gasteiger partial charge in [-0.3, -0.25) is 14.6 Å². The Hall–Kier alpha value is -8.42. The van der Waals surface area contributed by atoms with Gasteiger partial charge >= 0.3 is 12.5 Å². The highest BCUT2D eigenvalue weighted by Crippen LogP contribution is 2.37. The predicted octanol–water partition coefficient (Wildman–Crippen LogP) is 6.81. The van der Waals surface area contributed by atoms with Crippen LogP contribution in [0.2, 0.25) is 0 Å². The molecule has 2 aliphatic heterocycles. The number of alkyl halides is 7. The number of aromatic amines is 1. The molecule has 0 saturated carbocycles. The van der Waals surface area contributed by atoms with E-state index in [1.807, 2.05) is 4.90 Å². The summed E-state index contributed by atoms with van der Waals surface area (Å²) in [5, 5.41) is 8.73. The van der Waals surface area contributed by atoms with Gasteiger partial charge in [0.1, 0.15) is 29.1 Å². The summed E-state index contributed by atoms with van der Waals surface area (Å²) in [5.41, 5.74) is 17.4. The van der Waals surface area contributed by atoms with Crippen LogP contribution < -0.4 is 47.7 Å². The zero-order valence-corrected chi connectivity index (χ0v) is 36.9. The molecule has 10 N–H and O–H groups in total. The van der Waals surface area contributed by atoms with Gasteiger partial charge in [-0.25, -0.2) is 34.3 Å². The first-order valence-electron chi connectivity index (χ1n) is 21.8. The van der Waals surface area contributed by atoms with Crippen LogP contribution in [0.15, 0.2) is 85.5 Å². The number of fused-ring (bicyclic) bond motifs is 1. The molecule has 0 radical (unpaired) electrons. The van der Waals surface area contributed by atoms with E-state index in [1.54, 1.807) is 35.2 Å². The molecule has 9 rings (SSSR count). The fraction of sp³-hybridized carbons (Fsp3) is 0.267. The van der Waals surface area contributed by atoms with Crippen molar-refractivity contribution in [2.45, 2.75) is 50.1 Å². The number of benzene rings is 1. The molecule has 2 amide bonds. The highest BCUT2D eigenvalue weighted by Gasteiger charge is 2.35. The number of piperidine rings is 2. The fourth-order valence-corrected chi connectivity index (χ4v) is 8.27. The number of carbonyl (C=O) groups is 2. The topological polar surface area (TPSA) is 270 Å². The van der Waals surface area contributed by atoms with Gasteiger partial charge in [0.15, 0.2) is 40.4 Å². The Morgan fingerprint density at radius 1 is 0.732 bits per heavy atom. The molecule has 0 aliphatic carbocycles. The summed E-state index contributed by atoms with van der Waals surface area (Å²) in [5.74, 6) is -2.71. The Balaban J connectivity index is 0.917. The highest BCUT2D eigenvalue weighted by molar-refractivity contribution is 6.08. The van der Waals surface area contributed by atoms with Crippen molar-refractivity contribution in [3.8, 4) is 28.4 Å². The van der Waals surface area contributed by atoms with E-state index in [9.17, 15) is 35.9 Å². The van der Waals surface area contributed by atoms with Crippen LogP contribution in [0, 0.1) is 0 Å². The van der Waals surface area contributed by atoms with E-state index in [2.05, 4.69) is 55.6 Å². The number of ether oxygens (including phenoxy) is 1. The van der Waals surface area contributed by atoms with E-state index < -0.39 is 53.7 Å². The second-order valence-electron chi connectivity index (χ2n) is 16.5. The molecule has 0 spiro atoms. The van der Waals surface area contributed by atoms with Gasteiger partial charge in [-0.05, 0) is 67.8 Å². The number of rotatable bonds is 11. The van der Waals surface area contributed by atoms with Crippen molar-refractivity contribution < 1.29 is 45.1 Å². The first-order chi connectivity index (χ1) is 33.9. The number of anilines is 7. The van der Waals surface area contributed by atoms with E-state index >= 15 is 4.39 Å². The minimum Gasteiger partial charge on any atom is -0.403 e. The van der Waals surface area contributed by atoms with Gasteiger partial charge in [0.2, 0.25) is 0 Å². The lowest BCUT2D eigenvalue weighted by Crippen LogP contribution is -2.48. The largest absolute Gasteiger partial charge is 0.573 e. The van der Waals surface area contributed by atoms with Gasteiger partial charge < -0.3 is 52.7 Å².